The zero-order valence-corrected chi connectivity index (χ0v) is 15.7. The average molecular weight is 388 g/mol. The van der Waals surface area contributed by atoms with Gasteiger partial charge in [-0.15, -0.1) is 0 Å². The van der Waals surface area contributed by atoms with Crippen molar-refractivity contribution in [3.8, 4) is 0 Å². The molecule has 1 aliphatic rings. The van der Waals surface area contributed by atoms with Crippen molar-refractivity contribution in [2.45, 2.75) is 25.0 Å². The number of likely N-dealkylation sites (N-methyl/N-ethyl adjacent to an activating group) is 1. The van der Waals surface area contributed by atoms with Gasteiger partial charge in [-0.2, -0.15) is 0 Å². The summed E-state index contributed by atoms with van der Waals surface area (Å²) in [6, 6.07) is 11.1. The Hall–Kier alpha value is -2.80. The summed E-state index contributed by atoms with van der Waals surface area (Å²) in [6.45, 7) is 2.06. The van der Waals surface area contributed by atoms with Gasteiger partial charge in [-0.3, -0.25) is 9.59 Å². The number of nitrogens with zero attached hydrogens (tertiary/aromatic N) is 1. The van der Waals surface area contributed by atoms with Gasteiger partial charge in [0.2, 0.25) is 5.91 Å². The van der Waals surface area contributed by atoms with E-state index in [1.54, 1.807) is 31.3 Å². The second-order valence-electron chi connectivity index (χ2n) is 6.93. The van der Waals surface area contributed by atoms with Crippen LogP contribution in [0.15, 0.2) is 48.5 Å². The minimum Gasteiger partial charge on any atom is -0.356 e. The number of carbonyl (C=O) groups excluding carboxylic acids is 2. The predicted octanol–water partition coefficient (Wildman–Crippen LogP) is 2.78. The number of hydrogen-bond donors (Lipinski definition) is 1. The summed E-state index contributed by atoms with van der Waals surface area (Å²) < 4.78 is 31.9. The van der Waals surface area contributed by atoms with Gasteiger partial charge in [0.25, 0.3) is 5.91 Å². The minimum absolute atomic E-state index is 0.0308. The third-order valence-electron chi connectivity index (χ3n) is 4.98. The maximum Gasteiger partial charge on any atom is 0.251 e. The van der Waals surface area contributed by atoms with E-state index in [2.05, 4.69) is 5.32 Å². The summed E-state index contributed by atoms with van der Waals surface area (Å²) >= 11 is 0. The van der Waals surface area contributed by atoms with E-state index in [1.165, 1.54) is 29.2 Å². The fourth-order valence-electron chi connectivity index (χ4n) is 3.25. The molecule has 0 aromatic heterocycles. The Morgan fingerprint density at radius 2 is 1.71 bits per heavy atom. The number of ether oxygens (including phenoxy) is 1. The number of amides is 2. The summed E-state index contributed by atoms with van der Waals surface area (Å²) in [6.07, 6.45) is -0.909. The number of nitrogens with one attached hydrogen (secondary N) is 1. The molecule has 1 fully saturated rings. The number of halogens is 2. The lowest BCUT2D eigenvalue weighted by atomic mass is 9.97. The molecule has 0 saturated carbocycles. The van der Waals surface area contributed by atoms with Crippen molar-refractivity contribution in [1.82, 2.24) is 10.2 Å². The van der Waals surface area contributed by atoms with E-state index < -0.39 is 18.0 Å². The summed E-state index contributed by atoms with van der Waals surface area (Å²) in [5.41, 5.74) is 1.51. The third-order valence-corrected chi connectivity index (χ3v) is 4.98. The molecular formula is C21H22F2N2O3. The van der Waals surface area contributed by atoms with Crippen LogP contribution in [0.2, 0.25) is 0 Å². The molecule has 28 heavy (non-hydrogen) atoms. The van der Waals surface area contributed by atoms with Crippen LogP contribution in [-0.2, 0) is 14.3 Å². The topological polar surface area (TPSA) is 58.6 Å². The molecule has 2 aromatic rings. The van der Waals surface area contributed by atoms with E-state index in [9.17, 15) is 18.4 Å². The minimum atomic E-state index is -0.909. The Balaban J connectivity index is 1.71. The number of rotatable bonds is 5. The number of benzene rings is 2. The molecule has 2 amide bonds. The lowest BCUT2D eigenvalue weighted by Gasteiger charge is -2.38. The molecule has 3 rings (SSSR count). The van der Waals surface area contributed by atoms with E-state index >= 15 is 0 Å². The second kappa shape index (κ2) is 8.48. The van der Waals surface area contributed by atoms with Crippen LogP contribution in [0.5, 0.6) is 0 Å². The molecule has 3 atom stereocenters. The molecule has 7 heteroatoms. The van der Waals surface area contributed by atoms with Crippen molar-refractivity contribution in [2.75, 3.05) is 20.2 Å². The molecule has 5 nitrogen and oxygen atoms in total. The molecular weight excluding hydrogens is 366 g/mol. The maximum absolute atomic E-state index is 13.3. The highest BCUT2D eigenvalue weighted by Crippen LogP contribution is 2.29. The van der Waals surface area contributed by atoms with Gasteiger partial charge in [-0.05, 0) is 41.3 Å². The second-order valence-corrected chi connectivity index (χ2v) is 6.93. The van der Waals surface area contributed by atoms with Crippen LogP contribution in [0, 0.1) is 11.6 Å². The predicted molar refractivity (Wildman–Crippen MR) is 99.5 cm³/mol. The highest BCUT2D eigenvalue weighted by atomic mass is 19.1. The van der Waals surface area contributed by atoms with Crippen molar-refractivity contribution in [3.05, 3.63) is 71.3 Å². The Morgan fingerprint density at radius 3 is 2.32 bits per heavy atom. The molecule has 0 radical (unpaired) electrons. The fraction of sp³-hybridized carbons (Fsp3) is 0.333. The van der Waals surface area contributed by atoms with Gasteiger partial charge in [0.15, 0.2) is 6.10 Å². The van der Waals surface area contributed by atoms with Gasteiger partial charge in [-0.1, -0.05) is 31.2 Å². The Bertz CT molecular complexity index is 840. The van der Waals surface area contributed by atoms with E-state index in [0.29, 0.717) is 12.1 Å². The van der Waals surface area contributed by atoms with E-state index in [-0.39, 0.29) is 30.2 Å². The lowest BCUT2D eigenvalue weighted by molar-refractivity contribution is -0.162. The first-order valence-electron chi connectivity index (χ1n) is 9.02. The van der Waals surface area contributed by atoms with Gasteiger partial charge in [-0.25, -0.2) is 8.78 Å². The summed E-state index contributed by atoms with van der Waals surface area (Å²) in [5, 5.41) is 2.84. The van der Waals surface area contributed by atoms with Crippen molar-refractivity contribution in [3.63, 3.8) is 0 Å². The monoisotopic (exact) mass is 388 g/mol. The number of carbonyl (C=O) groups is 2. The Kier molecular flexibility index (Phi) is 6.04. The molecule has 1 aliphatic heterocycles. The van der Waals surface area contributed by atoms with Gasteiger partial charge >= 0.3 is 0 Å². The number of morpholine rings is 1. The van der Waals surface area contributed by atoms with Crippen LogP contribution < -0.4 is 5.32 Å². The standard InChI is InChI=1S/C21H22F2N2O3/c1-13(14-3-7-16(22)8-4-14)11-24-21(27)20-19(25(2)18(26)12-28-20)15-5-9-17(23)10-6-15/h3-10,13,19-20H,11-12H2,1-2H3,(H,24,27). The lowest BCUT2D eigenvalue weighted by Crippen LogP contribution is -2.53. The normalized spacial score (nSPS) is 20.7. The largest absolute Gasteiger partial charge is 0.356 e. The molecule has 2 aromatic carbocycles. The van der Waals surface area contributed by atoms with Gasteiger partial charge in [0.05, 0.1) is 6.04 Å². The quantitative estimate of drug-likeness (QED) is 0.857. The smallest absolute Gasteiger partial charge is 0.251 e. The molecule has 0 spiro atoms. The first kappa shape index (κ1) is 19.9. The molecule has 0 aliphatic carbocycles. The summed E-state index contributed by atoms with van der Waals surface area (Å²) in [7, 11) is 1.60. The fourth-order valence-corrected chi connectivity index (χ4v) is 3.25. The van der Waals surface area contributed by atoms with Crippen molar-refractivity contribution >= 4 is 11.8 Å². The zero-order valence-electron chi connectivity index (χ0n) is 15.7. The van der Waals surface area contributed by atoms with E-state index in [0.717, 1.165) is 5.56 Å². The summed E-state index contributed by atoms with van der Waals surface area (Å²) in [4.78, 5) is 26.3. The number of hydrogen-bond acceptors (Lipinski definition) is 3. The molecule has 1 heterocycles. The zero-order chi connectivity index (χ0) is 20.3. The Morgan fingerprint density at radius 1 is 1.14 bits per heavy atom. The van der Waals surface area contributed by atoms with E-state index in [4.69, 9.17) is 4.74 Å². The van der Waals surface area contributed by atoms with Crippen molar-refractivity contribution < 1.29 is 23.1 Å². The molecule has 1 N–H and O–H groups in total. The van der Waals surface area contributed by atoms with Crippen LogP contribution in [0.1, 0.15) is 30.0 Å². The van der Waals surface area contributed by atoms with Gasteiger partial charge in [0.1, 0.15) is 18.2 Å². The summed E-state index contributed by atoms with van der Waals surface area (Å²) in [5.74, 6) is -1.36. The van der Waals surface area contributed by atoms with Gasteiger partial charge in [0, 0.05) is 13.6 Å². The molecule has 148 valence electrons. The first-order valence-corrected chi connectivity index (χ1v) is 9.02. The van der Waals surface area contributed by atoms with Crippen molar-refractivity contribution in [1.29, 1.82) is 0 Å². The van der Waals surface area contributed by atoms with Crippen molar-refractivity contribution in [2.24, 2.45) is 0 Å². The van der Waals surface area contributed by atoms with E-state index in [1.807, 2.05) is 6.92 Å². The maximum atomic E-state index is 13.3. The Labute approximate surface area is 162 Å². The van der Waals surface area contributed by atoms with Crippen LogP contribution in [0.3, 0.4) is 0 Å². The highest BCUT2D eigenvalue weighted by molar-refractivity contribution is 5.86. The van der Waals surface area contributed by atoms with Gasteiger partial charge < -0.3 is 15.0 Å². The first-order chi connectivity index (χ1) is 13.4. The third kappa shape index (κ3) is 4.36. The molecule has 3 unspecified atom stereocenters. The highest BCUT2D eigenvalue weighted by Gasteiger charge is 2.40. The average Bonchev–Trinajstić information content (AvgIpc) is 2.69. The molecule has 1 saturated heterocycles. The SMILES string of the molecule is CC(CNC(=O)C1OCC(=O)N(C)C1c1ccc(F)cc1)c1ccc(F)cc1. The van der Waals surface area contributed by atoms with Crippen LogP contribution in [0.25, 0.3) is 0 Å². The van der Waals surface area contributed by atoms with Crippen LogP contribution in [0.4, 0.5) is 8.78 Å². The van der Waals surface area contributed by atoms with Crippen LogP contribution in [-0.4, -0.2) is 43.0 Å². The molecule has 0 bridgehead atoms. The van der Waals surface area contributed by atoms with Crippen LogP contribution >= 0.6 is 0 Å².